The standard InChI is InChI=1S/C13H17P/c1-4-9-12(5-2)14(3)13-10-7-6-8-11-13/h4-11H,1-3H3/b9-4-,12-5+. The summed E-state index contributed by atoms with van der Waals surface area (Å²) in [6.07, 6.45) is 6.52. The second-order valence-corrected chi connectivity index (χ2v) is 5.26. The quantitative estimate of drug-likeness (QED) is 0.517. The van der Waals surface area contributed by atoms with Gasteiger partial charge in [0.15, 0.2) is 0 Å². The predicted octanol–water partition coefficient (Wildman–Crippen LogP) is 3.90. The number of benzene rings is 1. The third kappa shape index (κ3) is 2.82. The Bertz CT molecular complexity index is 322. The third-order valence-corrected chi connectivity index (χ3v) is 4.42. The highest BCUT2D eigenvalue weighted by atomic mass is 31.1. The van der Waals surface area contributed by atoms with E-state index in [9.17, 15) is 0 Å². The van der Waals surface area contributed by atoms with E-state index >= 15 is 0 Å². The zero-order chi connectivity index (χ0) is 10.4. The van der Waals surface area contributed by atoms with Crippen molar-refractivity contribution >= 4 is 13.2 Å². The zero-order valence-corrected chi connectivity index (χ0v) is 9.96. The summed E-state index contributed by atoms with van der Waals surface area (Å²) in [5.74, 6) is 0. The van der Waals surface area contributed by atoms with Crippen LogP contribution in [0, 0.1) is 0 Å². The van der Waals surface area contributed by atoms with Crippen molar-refractivity contribution in [3.05, 3.63) is 53.9 Å². The molecule has 0 amide bonds. The van der Waals surface area contributed by atoms with Gasteiger partial charge in [0, 0.05) is 0 Å². The van der Waals surface area contributed by atoms with E-state index in [4.69, 9.17) is 0 Å². The monoisotopic (exact) mass is 204 g/mol. The Morgan fingerprint density at radius 2 is 1.79 bits per heavy atom. The molecular formula is C13H17P. The fourth-order valence-corrected chi connectivity index (χ4v) is 3.05. The van der Waals surface area contributed by atoms with Gasteiger partial charge in [-0.3, -0.25) is 0 Å². The minimum absolute atomic E-state index is 0.171. The van der Waals surface area contributed by atoms with Crippen LogP contribution in [-0.2, 0) is 0 Å². The molecule has 0 saturated heterocycles. The van der Waals surface area contributed by atoms with Gasteiger partial charge in [-0.15, -0.1) is 0 Å². The number of hydrogen-bond acceptors (Lipinski definition) is 0. The van der Waals surface area contributed by atoms with Gasteiger partial charge in [0.05, 0.1) is 0 Å². The molecule has 74 valence electrons. The Morgan fingerprint density at radius 3 is 2.29 bits per heavy atom. The van der Waals surface area contributed by atoms with Gasteiger partial charge in [-0.05, 0) is 39.1 Å². The molecule has 0 N–H and O–H groups in total. The normalized spacial score (nSPS) is 14.6. The fraction of sp³-hybridized carbons (Fsp3) is 0.231. The van der Waals surface area contributed by atoms with Crippen LogP contribution >= 0.6 is 7.92 Å². The first-order valence-corrected chi connectivity index (χ1v) is 6.66. The SMILES string of the molecule is C/C=C\C(=C/C)P(C)c1ccccc1. The van der Waals surface area contributed by atoms with Crippen molar-refractivity contribution in [3.63, 3.8) is 0 Å². The van der Waals surface area contributed by atoms with Crippen LogP contribution in [0.25, 0.3) is 0 Å². The van der Waals surface area contributed by atoms with Gasteiger partial charge >= 0.3 is 0 Å². The van der Waals surface area contributed by atoms with E-state index in [1.165, 1.54) is 10.6 Å². The zero-order valence-electron chi connectivity index (χ0n) is 9.07. The molecule has 0 radical (unpaired) electrons. The van der Waals surface area contributed by atoms with Crippen molar-refractivity contribution in [2.45, 2.75) is 13.8 Å². The topological polar surface area (TPSA) is 0 Å². The van der Waals surface area contributed by atoms with Crippen molar-refractivity contribution in [2.24, 2.45) is 0 Å². The first kappa shape index (κ1) is 11.2. The maximum absolute atomic E-state index is 2.31. The lowest BCUT2D eigenvalue weighted by Crippen LogP contribution is -1.98. The van der Waals surface area contributed by atoms with E-state index in [2.05, 4.69) is 69.1 Å². The molecule has 0 aromatic heterocycles. The first-order valence-electron chi connectivity index (χ1n) is 4.87. The van der Waals surface area contributed by atoms with Gasteiger partial charge < -0.3 is 0 Å². The average Bonchev–Trinajstić information content (AvgIpc) is 2.26. The summed E-state index contributed by atoms with van der Waals surface area (Å²) in [7, 11) is -0.171. The molecule has 0 fully saturated rings. The van der Waals surface area contributed by atoms with Crippen LogP contribution in [0.3, 0.4) is 0 Å². The van der Waals surface area contributed by atoms with E-state index in [0.717, 1.165) is 0 Å². The molecule has 0 aliphatic carbocycles. The van der Waals surface area contributed by atoms with Crippen molar-refractivity contribution in [2.75, 3.05) is 6.66 Å². The van der Waals surface area contributed by atoms with Crippen LogP contribution in [0.15, 0.2) is 53.9 Å². The molecular weight excluding hydrogens is 187 g/mol. The van der Waals surface area contributed by atoms with E-state index in [-0.39, 0.29) is 7.92 Å². The van der Waals surface area contributed by atoms with Crippen molar-refractivity contribution < 1.29 is 0 Å². The summed E-state index contributed by atoms with van der Waals surface area (Å²) in [6.45, 7) is 6.48. The average molecular weight is 204 g/mol. The fourth-order valence-electron chi connectivity index (χ4n) is 1.37. The summed E-state index contributed by atoms with van der Waals surface area (Å²) in [4.78, 5) is 0. The Hall–Kier alpha value is -0.870. The van der Waals surface area contributed by atoms with Crippen LogP contribution in [0.4, 0.5) is 0 Å². The van der Waals surface area contributed by atoms with E-state index in [1.54, 1.807) is 0 Å². The Balaban J connectivity index is 2.89. The second kappa shape index (κ2) is 5.78. The first-order chi connectivity index (χ1) is 6.79. The van der Waals surface area contributed by atoms with Crippen LogP contribution in [-0.4, -0.2) is 6.66 Å². The lowest BCUT2D eigenvalue weighted by molar-refractivity contribution is 1.65. The summed E-state index contributed by atoms with van der Waals surface area (Å²) in [5, 5.41) is 2.88. The molecule has 14 heavy (non-hydrogen) atoms. The summed E-state index contributed by atoms with van der Waals surface area (Å²) >= 11 is 0. The van der Waals surface area contributed by atoms with E-state index in [0.29, 0.717) is 0 Å². The molecule has 0 saturated carbocycles. The van der Waals surface area contributed by atoms with Gasteiger partial charge in [-0.25, -0.2) is 0 Å². The molecule has 0 aliphatic rings. The smallest absolute Gasteiger partial charge is 0.0198 e. The molecule has 1 unspecified atom stereocenters. The summed E-state index contributed by atoms with van der Waals surface area (Å²) < 4.78 is 0. The summed E-state index contributed by atoms with van der Waals surface area (Å²) in [6, 6.07) is 10.7. The van der Waals surface area contributed by atoms with Gasteiger partial charge in [0.25, 0.3) is 0 Å². The molecule has 1 aromatic carbocycles. The highest BCUT2D eigenvalue weighted by Gasteiger charge is 2.05. The second-order valence-electron chi connectivity index (χ2n) is 3.11. The molecule has 1 atom stereocenters. The van der Waals surface area contributed by atoms with Crippen molar-refractivity contribution in [1.82, 2.24) is 0 Å². The molecule has 1 rings (SSSR count). The predicted molar refractivity (Wildman–Crippen MR) is 67.5 cm³/mol. The minimum atomic E-state index is -0.171. The highest BCUT2D eigenvalue weighted by Crippen LogP contribution is 2.40. The lowest BCUT2D eigenvalue weighted by atomic mass is 10.4. The Kier molecular flexibility index (Phi) is 4.62. The molecule has 0 spiro atoms. The maximum Gasteiger partial charge on any atom is -0.0198 e. The Morgan fingerprint density at radius 1 is 1.14 bits per heavy atom. The lowest BCUT2D eigenvalue weighted by Gasteiger charge is -2.13. The van der Waals surface area contributed by atoms with Gasteiger partial charge in [0.2, 0.25) is 0 Å². The van der Waals surface area contributed by atoms with Gasteiger partial charge in [-0.1, -0.05) is 48.6 Å². The number of allylic oxidation sites excluding steroid dienone is 4. The Labute approximate surface area is 88.1 Å². The summed E-state index contributed by atoms with van der Waals surface area (Å²) in [5.41, 5.74) is 0. The van der Waals surface area contributed by atoms with Crippen LogP contribution in [0.5, 0.6) is 0 Å². The molecule has 0 heterocycles. The largest absolute Gasteiger partial charge is 0.0870 e. The van der Waals surface area contributed by atoms with Crippen LogP contribution in [0.1, 0.15) is 13.8 Å². The third-order valence-electron chi connectivity index (χ3n) is 2.16. The van der Waals surface area contributed by atoms with Crippen LogP contribution < -0.4 is 5.30 Å². The van der Waals surface area contributed by atoms with Crippen molar-refractivity contribution in [1.29, 1.82) is 0 Å². The maximum atomic E-state index is 2.31. The molecule has 0 bridgehead atoms. The van der Waals surface area contributed by atoms with Gasteiger partial charge in [-0.2, -0.15) is 0 Å². The number of rotatable bonds is 3. The highest BCUT2D eigenvalue weighted by molar-refractivity contribution is 7.69. The molecule has 1 heteroatoms. The minimum Gasteiger partial charge on any atom is -0.0870 e. The van der Waals surface area contributed by atoms with Crippen LogP contribution in [0.2, 0.25) is 0 Å². The van der Waals surface area contributed by atoms with Crippen molar-refractivity contribution in [3.8, 4) is 0 Å². The van der Waals surface area contributed by atoms with E-state index in [1.807, 2.05) is 0 Å². The van der Waals surface area contributed by atoms with Gasteiger partial charge in [0.1, 0.15) is 0 Å². The van der Waals surface area contributed by atoms with E-state index < -0.39 is 0 Å². The molecule has 1 aromatic rings. The number of hydrogen-bond donors (Lipinski definition) is 0. The molecule has 0 nitrogen and oxygen atoms in total. The molecule has 0 aliphatic heterocycles.